The van der Waals surface area contributed by atoms with E-state index in [4.69, 9.17) is 4.74 Å². The fourth-order valence-corrected chi connectivity index (χ4v) is 4.23. The van der Waals surface area contributed by atoms with Crippen molar-refractivity contribution in [1.29, 1.82) is 0 Å². The molecule has 2 amide bonds. The molecule has 2 saturated heterocycles. The van der Waals surface area contributed by atoms with Crippen molar-refractivity contribution in [3.05, 3.63) is 65.5 Å². The van der Waals surface area contributed by atoms with Gasteiger partial charge in [-0.2, -0.15) is 0 Å². The zero-order valence-corrected chi connectivity index (χ0v) is 16.6. The van der Waals surface area contributed by atoms with E-state index in [1.807, 2.05) is 36.1 Å². The molecular weight excluding hydrogens is 371 g/mol. The fourth-order valence-electron chi connectivity index (χ4n) is 4.23. The van der Waals surface area contributed by atoms with Crippen LogP contribution in [-0.4, -0.2) is 48.6 Å². The molecule has 0 bridgehead atoms. The maximum atomic E-state index is 13.7. The summed E-state index contributed by atoms with van der Waals surface area (Å²) in [5.41, 5.74) is 1.79. The third-order valence-corrected chi connectivity index (χ3v) is 5.82. The number of rotatable bonds is 2. The van der Waals surface area contributed by atoms with Gasteiger partial charge >= 0.3 is 0 Å². The quantitative estimate of drug-likeness (QED) is 0.780. The van der Waals surface area contributed by atoms with Crippen molar-refractivity contribution in [2.24, 2.45) is 0 Å². The molecule has 4 rings (SSSR count). The Kier molecular flexibility index (Phi) is 5.37. The molecule has 2 aromatic rings. The van der Waals surface area contributed by atoms with Gasteiger partial charge in [-0.05, 0) is 56.5 Å². The molecule has 1 unspecified atom stereocenters. The van der Waals surface area contributed by atoms with Gasteiger partial charge in [-0.15, -0.1) is 0 Å². The van der Waals surface area contributed by atoms with Crippen LogP contribution in [-0.2, 0) is 9.53 Å². The molecule has 0 aromatic heterocycles. The van der Waals surface area contributed by atoms with Crippen LogP contribution in [0.1, 0.15) is 35.2 Å². The van der Waals surface area contributed by atoms with Crippen molar-refractivity contribution in [3.63, 3.8) is 0 Å². The SMILES string of the molecule is Cc1cccc(C(=O)N2CCCC3(CC2)CN(c2cccc(F)c2)C(=O)CO3)c1. The van der Waals surface area contributed by atoms with Crippen molar-refractivity contribution in [1.82, 2.24) is 4.90 Å². The number of halogens is 1. The highest BCUT2D eigenvalue weighted by atomic mass is 19.1. The van der Waals surface area contributed by atoms with Crippen LogP contribution in [0.15, 0.2) is 48.5 Å². The van der Waals surface area contributed by atoms with Gasteiger partial charge in [-0.1, -0.05) is 23.8 Å². The van der Waals surface area contributed by atoms with Gasteiger partial charge in [0.2, 0.25) is 0 Å². The number of hydrogen-bond acceptors (Lipinski definition) is 3. The minimum absolute atomic E-state index is 0.0255. The Labute approximate surface area is 170 Å². The highest BCUT2D eigenvalue weighted by molar-refractivity contribution is 5.95. The Morgan fingerprint density at radius 3 is 2.72 bits per heavy atom. The summed E-state index contributed by atoms with van der Waals surface area (Å²) in [5, 5.41) is 0. The van der Waals surface area contributed by atoms with Gasteiger partial charge in [-0.25, -0.2) is 4.39 Å². The number of nitrogens with zero attached hydrogens (tertiary/aromatic N) is 2. The highest BCUT2D eigenvalue weighted by Gasteiger charge is 2.42. The van der Waals surface area contributed by atoms with Gasteiger partial charge in [0.15, 0.2) is 0 Å². The summed E-state index contributed by atoms with van der Waals surface area (Å²) in [5.74, 6) is -0.510. The molecule has 0 aliphatic carbocycles. The summed E-state index contributed by atoms with van der Waals surface area (Å²) in [7, 11) is 0. The van der Waals surface area contributed by atoms with Crippen molar-refractivity contribution in [2.75, 3.05) is 31.1 Å². The number of morpholine rings is 1. The van der Waals surface area contributed by atoms with Crippen LogP contribution >= 0.6 is 0 Å². The first kappa shape index (κ1) is 19.6. The molecule has 2 fully saturated rings. The lowest BCUT2D eigenvalue weighted by molar-refractivity contribution is -0.140. The molecule has 2 aliphatic heterocycles. The first-order valence-corrected chi connectivity index (χ1v) is 10.0. The van der Waals surface area contributed by atoms with E-state index in [2.05, 4.69) is 0 Å². The molecule has 152 valence electrons. The molecule has 0 N–H and O–H groups in total. The number of benzene rings is 2. The van der Waals surface area contributed by atoms with Crippen LogP contribution in [0.3, 0.4) is 0 Å². The van der Waals surface area contributed by atoms with Crippen LogP contribution in [0.2, 0.25) is 0 Å². The highest BCUT2D eigenvalue weighted by Crippen LogP contribution is 2.33. The third kappa shape index (κ3) is 4.17. The number of ether oxygens (including phenoxy) is 1. The van der Waals surface area contributed by atoms with Crippen LogP contribution in [0.5, 0.6) is 0 Å². The monoisotopic (exact) mass is 396 g/mol. The predicted molar refractivity (Wildman–Crippen MR) is 108 cm³/mol. The first-order chi connectivity index (χ1) is 14.0. The van der Waals surface area contributed by atoms with E-state index in [-0.39, 0.29) is 24.2 Å². The Morgan fingerprint density at radius 1 is 1.10 bits per heavy atom. The normalized spacial score (nSPS) is 22.6. The molecule has 29 heavy (non-hydrogen) atoms. The molecule has 2 aromatic carbocycles. The van der Waals surface area contributed by atoms with Crippen molar-refractivity contribution in [3.8, 4) is 0 Å². The molecule has 1 atom stereocenters. The van der Waals surface area contributed by atoms with Gasteiger partial charge < -0.3 is 14.5 Å². The summed E-state index contributed by atoms with van der Waals surface area (Å²) in [6.07, 6.45) is 2.19. The van der Waals surface area contributed by atoms with Crippen molar-refractivity contribution in [2.45, 2.75) is 31.8 Å². The van der Waals surface area contributed by atoms with Crippen LogP contribution in [0.4, 0.5) is 10.1 Å². The molecule has 0 saturated carbocycles. The van der Waals surface area contributed by atoms with Crippen LogP contribution in [0, 0.1) is 12.7 Å². The second-order valence-corrected chi connectivity index (χ2v) is 7.95. The number of amides is 2. The lowest BCUT2D eigenvalue weighted by Gasteiger charge is -2.42. The Bertz CT molecular complexity index is 932. The van der Waals surface area contributed by atoms with E-state index in [9.17, 15) is 14.0 Å². The van der Waals surface area contributed by atoms with E-state index in [1.54, 1.807) is 17.0 Å². The van der Waals surface area contributed by atoms with Crippen molar-refractivity contribution >= 4 is 17.5 Å². The average molecular weight is 396 g/mol. The molecule has 5 nitrogen and oxygen atoms in total. The smallest absolute Gasteiger partial charge is 0.253 e. The van der Waals surface area contributed by atoms with Crippen LogP contribution in [0.25, 0.3) is 0 Å². The van der Waals surface area contributed by atoms with E-state index in [0.29, 0.717) is 37.3 Å². The Balaban J connectivity index is 1.49. The van der Waals surface area contributed by atoms with Gasteiger partial charge in [0, 0.05) is 24.3 Å². The number of carbonyl (C=O) groups excluding carboxylic acids is 2. The Hall–Kier alpha value is -2.73. The maximum absolute atomic E-state index is 13.7. The molecule has 1 spiro atoms. The second kappa shape index (κ2) is 7.95. The van der Waals surface area contributed by atoms with Gasteiger partial charge in [0.1, 0.15) is 12.4 Å². The largest absolute Gasteiger partial charge is 0.363 e. The molecular formula is C23H25FN2O3. The fraction of sp³-hybridized carbons (Fsp3) is 0.391. The van der Waals surface area contributed by atoms with Gasteiger partial charge in [-0.3, -0.25) is 9.59 Å². The topological polar surface area (TPSA) is 49.9 Å². The van der Waals surface area contributed by atoms with Crippen LogP contribution < -0.4 is 4.90 Å². The minimum atomic E-state index is -0.512. The van der Waals surface area contributed by atoms with E-state index in [0.717, 1.165) is 18.4 Å². The van der Waals surface area contributed by atoms with E-state index in [1.165, 1.54) is 12.1 Å². The summed E-state index contributed by atoms with van der Waals surface area (Å²) < 4.78 is 19.7. The average Bonchev–Trinajstić information content (AvgIpc) is 2.92. The number of hydrogen-bond donors (Lipinski definition) is 0. The zero-order chi connectivity index (χ0) is 20.4. The standard InChI is InChI=1S/C23H25FN2O3/c1-17-5-2-6-18(13-17)22(28)25-11-4-9-23(10-12-25)16-26(21(27)15-29-23)20-8-3-7-19(24)14-20/h2-3,5-8,13-14H,4,9-12,15-16H2,1H3. The first-order valence-electron chi connectivity index (χ1n) is 10.0. The van der Waals surface area contributed by atoms with Crippen molar-refractivity contribution < 1.29 is 18.7 Å². The number of likely N-dealkylation sites (tertiary alicyclic amines) is 1. The maximum Gasteiger partial charge on any atom is 0.253 e. The van der Waals surface area contributed by atoms with E-state index >= 15 is 0 Å². The minimum Gasteiger partial charge on any atom is -0.363 e. The summed E-state index contributed by atoms with van der Waals surface area (Å²) in [6.45, 7) is 3.55. The van der Waals surface area contributed by atoms with E-state index < -0.39 is 5.60 Å². The number of aryl methyl sites for hydroxylation is 1. The molecule has 6 heteroatoms. The molecule has 0 radical (unpaired) electrons. The van der Waals surface area contributed by atoms with Gasteiger partial charge in [0.05, 0.1) is 12.1 Å². The summed E-state index contributed by atoms with van der Waals surface area (Å²) in [4.78, 5) is 28.8. The summed E-state index contributed by atoms with van der Waals surface area (Å²) in [6, 6.07) is 13.7. The lowest BCUT2D eigenvalue weighted by atomic mass is 9.92. The predicted octanol–water partition coefficient (Wildman–Crippen LogP) is 3.56. The zero-order valence-electron chi connectivity index (χ0n) is 16.6. The molecule has 2 aliphatic rings. The molecule has 2 heterocycles. The van der Waals surface area contributed by atoms with Gasteiger partial charge in [0.25, 0.3) is 11.8 Å². The third-order valence-electron chi connectivity index (χ3n) is 5.82. The Morgan fingerprint density at radius 2 is 1.93 bits per heavy atom. The number of carbonyl (C=O) groups is 2. The lowest BCUT2D eigenvalue weighted by Crippen LogP contribution is -2.55. The summed E-state index contributed by atoms with van der Waals surface area (Å²) >= 11 is 0. The second-order valence-electron chi connectivity index (χ2n) is 7.95. The number of anilines is 1.